The van der Waals surface area contributed by atoms with E-state index in [1.807, 2.05) is 22.8 Å². The average Bonchev–Trinajstić information content (AvgIpc) is 3.51. The van der Waals surface area contributed by atoms with Gasteiger partial charge >= 0.3 is 0 Å². The summed E-state index contributed by atoms with van der Waals surface area (Å²) in [5, 5.41) is 12.5. The van der Waals surface area contributed by atoms with Gasteiger partial charge in [0, 0.05) is 41.4 Å². The number of hydrogen-bond acceptors (Lipinski definition) is 4. The molecule has 0 amide bonds. The molecule has 1 aliphatic heterocycles. The Morgan fingerprint density at radius 2 is 1.97 bits per heavy atom. The van der Waals surface area contributed by atoms with Crippen LogP contribution in [0.3, 0.4) is 0 Å². The third-order valence-corrected chi connectivity index (χ3v) is 6.78. The minimum atomic E-state index is -0.843. The maximum absolute atomic E-state index is 14.9. The molecule has 2 aromatic heterocycles. The first-order valence-electron chi connectivity index (χ1n) is 11.8. The fourth-order valence-electron chi connectivity index (χ4n) is 4.88. The molecule has 1 fully saturated rings. The SMILES string of the molecule is C[C@@H](N[C@@H]1CCN(CCCc2c[nH]c3ccc(-n4cnnc4)cc23)C[C@H]1F)c1ccccc1. The molecule has 2 aromatic carbocycles. The van der Waals surface area contributed by atoms with Crippen molar-refractivity contribution < 1.29 is 4.39 Å². The van der Waals surface area contributed by atoms with E-state index in [0.717, 1.165) is 43.6 Å². The summed E-state index contributed by atoms with van der Waals surface area (Å²) in [7, 11) is 0. The van der Waals surface area contributed by atoms with Crippen molar-refractivity contribution >= 4 is 10.9 Å². The second-order valence-corrected chi connectivity index (χ2v) is 9.03. The van der Waals surface area contributed by atoms with Crippen molar-refractivity contribution in [3.8, 4) is 5.69 Å². The third kappa shape index (κ3) is 4.99. The standard InChI is InChI=1S/C26H31FN6/c1-19(20-6-3-2-4-7-20)31-26-11-13-32(16-24(26)27)12-5-8-21-15-28-25-10-9-22(14-23(21)25)33-17-29-30-18-33/h2-4,6-7,9-10,14-15,17-19,24,26,28,31H,5,8,11-13,16H2,1H3/t19-,24-,26-/m1/s1. The van der Waals surface area contributed by atoms with Crippen LogP contribution in [0.4, 0.5) is 4.39 Å². The van der Waals surface area contributed by atoms with E-state index in [1.54, 1.807) is 12.7 Å². The Morgan fingerprint density at radius 3 is 2.76 bits per heavy atom. The third-order valence-electron chi connectivity index (χ3n) is 6.78. The van der Waals surface area contributed by atoms with Crippen LogP contribution in [0.15, 0.2) is 67.4 Å². The molecule has 0 bridgehead atoms. The number of piperidine rings is 1. The number of fused-ring (bicyclic) bond motifs is 1. The van der Waals surface area contributed by atoms with Crippen molar-refractivity contribution in [1.29, 1.82) is 0 Å². The minimum Gasteiger partial charge on any atom is -0.361 e. The molecule has 2 N–H and O–H groups in total. The van der Waals surface area contributed by atoms with Crippen molar-refractivity contribution in [2.45, 2.75) is 44.4 Å². The van der Waals surface area contributed by atoms with E-state index in [4.69, 9.17) is 0 Å². The van der Waals surface area contributed by atoms with Gasteiger partial charge < -0.3 is 15.2 Å². The second kappa shape index (κ2) is 9.85. The molecule has 0 aliphatic carbocycles. The molecular weight excluding hydrogens is 415 g/mol. The molecule has 3 heterocycles. The van der Waals surface area contributed by atoms with E-state index >= 15 is 0 Å². The van der Waals surface area contributed by atoms with Gasteiger partial charge in [0.25, 0.3) is 0 Å². The van der Waals surface area contributed by atoms with Gasteiger partial charge in [0.15, 0.2) is 0 Å². The van der Waals surface area contributed by atoms with E-state index in [1.165, 1.54) is 16.5 Å². The number of H-pyrrole nitrogens is 1. The molecule has 0 radical (unpaired) electrons. The van der Waals surface area contributed by atoms with Crippen LogP contribution >= 0.6 is 0 Å². The van der Waals surface area contributed by atoms with E-state index in [9.17, 15) is 4.39 Å². The number of nitrogens with one attached hydrogen (secondary N) is 2. The van der Waals surface area contributed by atoms with E-state index < -0.39 is 6.17 Å². The van der Waals surface area contributed by atoms with Crippen molar-refractivity contribution in [2.75, 3.05) is 19.6 Å². The summed E-state index contributed by atoms with van der Waals surface area (Å²) in [4.78, 5) is 5.64. The second-order valence-electron chi connectivity index (χ2n) is 9.03. The molecule has 6 nitrogen and oxygen atoms in total. The number of halogens is 1. The molecule has 5 rings (SSSR count). The van der Waals surface area contributed by atoms with Crippen molar-refractivity contribution in [3.63, 3.8) is 0 Å². The van der Waals surface area contributed by atoms with Crippen LogP contribution in [0.1, 0.15) is 36.9 Å². The Labute approximate surface area is 193 Å². The predicted molar refractivity (Wildman–Crippen MR) is 129 cm³/mol. The first-order chi connectivity index (χ1) is 16.2. The quantitative estimate of drug-likeness (QED) is 0.420. The van der Waals surface area contributed by atoms with Crippen LogP contribution in [0.2, 0.25) is 0 Å². The highest BCUT2D eigenvalue weighted by molar-refractivity contribution is 5.85. The Hall–Kier alpha value is -3.03. The molecule has 33 heavy (non-hydrogen) atoms. The lowest BCUT2D eigenvalue weighted by Gasteiger charge is -2.36. The van der Waals surface area contributed by atoms with Gasteiger partial charge in [-0.1, -0.05) is 30.3 Å². The molecule has 172 valence electrons. The summed E-state index contributed by atoms with van der Waals surface area (Å²) in [6.07, 6.45) is 7.48. The topological polar surface area (TPSA) is 61.8 Å². The summed E-state index contributed by atoms with van der Waals surface area (Å²) < 4.78 is 16.9. The molecule has 0 unspecified atom stereocenters. The predicted octanol–water partition coefficient (Wildman–Crippen LogP) is 4.44. The van der Waals surface area contributed by atoms with Crippen LogP contribution in [0.25, 0.3) is 16.6 Å². The maximum Gasteiger partial charge on any atom is 0.128 e. The van der Waals surface area contributed by atoms with Gasteiger partial charge in [-0.05, 0) is 68.6 Å². The van der Waals surface area contributed by atoms with Crippen molar-refractivity contribution in [3.05, 3.63) is 78.5 Å². The average molecular weight is 447 g/mol. The molecule has 0 saturated carbocycles. The first kappa shape index (κ1) is 21.8. The largest absolute Gasteiger partial charge is 0.361 e. The summed E-state index contributed by atoms with van der Waals surface area (Å²) in [6.45, 7) is 4.47. The first-order valence-corrected chi connectivity index (χ1v) is 11.8. The number of aromatic nitrogens is 4. The number of hydrogen-bond donors (Lipinski definition) is 2. The summed E-state index contributed by atoms with van der Waals surface area (Å²) in [5.41, 5.74) is 4.68. The smallest absolute Gasteiger partial charge is 0.128 e. The number of rotatable bonds is 8. The van der Waals surface area contributed by atoms with E-state index in [2.05, 4.69) is 68.9 Å². The lowest BCUT2D eigenvalue weighted by Crippen LogP contribution is -2.51. The van der Waals surface area contributed by atoms with Gasteiger partial charge in [-0.25, -0.2) is 4.39 Å². The fraction of sp³-hybridized carbons (Fsp3) is 0.385. The highest BCUT2D eigenvalue weighted by Gasteiger charge is 2.29. The van der Waals surface area contributed by atoms with Crippen LogP contribution in [-0.2, 0) is 6.42 Å². The van der Waals surface area contributed by atoms with Crippen LogP contribution in [0, 0.1) is 0 Å². The zero-order valence-electron chi connectivity index (χ0n) is 19.0. The number of likely N-dealkylation sites (tertiary alicyclic amines) is 1. The Balaban J connectivity index is 1.13. The normalized spacial score (nSPS) is 20.3. The summed E-state index contributed by atoms with van der Waals surface area (Å²) in [6, 6.07) is 16.7. The molecule has 3 atom stereocenters. The van der Waals surface area contributed by atoms with Gasteiger partial charge in [-0.2, -0.15) is 0 Å². The monoisotopic (exact) mass is 446 g/mol. The van der Waals surface area contributed by atoms with Gasteiger partial charge in [0.05, 0.1) is 0 Å². The lowest BCUT2D eigenvalue weighted by atomic mass is 9.99. The molecule has 4 aromatic rings. The van der Waals surface area contributed by atoms with E-state index in [0.29, 0.717) is 6.54 Å². The number of benzene rings is 2. The Kier molecular flexibility index (Phi) is 6.51. The summed E-state index contributed by atoms with van der Waals surface area (Å²) in [5.74, 6) is 0. The van der Waals surface area contributed by atoms with Gasteiger partial charge in [0.2, 0.25) is 0 Å². The van der Waals surface area contributed by atoms with Gasteiger partial charge in [-0.15, -0.1) is 10.2 Å². The number of alkyl halides is 1. The lowest BCUT2D eigenvalue weighted by molar-refractivity contribution is 0.0981. The minimum absolute atomic E-state index is 0.0823. The highest BCUT2D eigenvalue weighted by Crippen LogP contribution is 2.24. The fourth-order valence-corrected chi connectivity index (χ4v) is 4.88. The summed E-state index contributed by atoms with van der Waals surface area (Å²) >= 11 is 0. The van der Waals surface area contributed by atoms with Crippen molar-refractivity contribution in [1.82, 2.24) is 30.0 Å². The number of aromatic amines is 1. The Bertz CT molecular complexity index is 1160. The highest BCUT2D eigenvalue weighted by atomic mass is 19.1. The molecule has 1 saturated heterocycles. The Morgan fingerprint density at radius 1 is 1.15 bits per heavy atom. The van der Waals surface area contributed by atoms with Crippen LogP contribution in [-0.4, -0.2) is 56.5 Å². The van der Waals surface area contributed by atoms with Gasteiger partial charge in [0.1, 0.15) is 18.8 Å². The zero-order valence-corrected chi connectivity index (χ0v) is 19.0. The molecule has 1 aliphatic rings. The van der Waals surface area contributed by atoms with Crippen LogP contribution < -0.4 is 5.32 Å². The number of nitrogens with zero attached hydrogens (tertiary/aromatic N) is 4. The number of aryl methyl sites for hydroxylation is 1. The molecule has 7 heteroatoms. The van der Waals surface area contributed by atoms with E-state index in [-0.39, 0.29) is 12.1 Å². The maximum atomic E-state index is 14.9. The van der Waals surface area contributed by atoms with Crippen molar-refractivity contribution in [2.24, 2.45) is 0 Å². The van der Waals surface area contributed by atoms with Crippen LogP contribution in [0.5, 0.6) is 0 Å². The molecule has 0 spiro atoms. The molecular formula is C26H31FN6. The van der Waals surface area contributed by atoms with Gasteiger partial charge in [-0.3, -0.25) is 4.57 Å². The zero-order chi connectivity index (χ0) is 22.6.